The van der Waals surface area contributed by atoms with Crippen molar-refractivity contribution < 1.29 is 9.84 Å². The first-order chi connectivity index (χ1) is 8.70. The zero-order valence-electron chi connectivity index (χ0n) is 10.0. The lowest BCUT2D eigenvalue weighted by atomic mass is 10.0. The predicted molar refractivity (Wildman–Crippen MR) is 70.9 cm³/mol. The van der Waals surface area contributed by atoms with Gasteiger partial charge in [-0.1, -0.05) is 29.8 Å². The van der Waals surface area contributed by atoms with Gasteiger partial charge in [0.2, 0.25) is 0 Å². The van der Waals surface area contributed by atoms with Crippen LogP contribution in [0.15, 0.2) is 42.6 Å². The van der Waals surface area contributed by atoms with Crippen LogP contribution in [0.2, 0.25) is 5.15 Å². The van der Waals surface area contributed by atoms with E-state index in [1.807, 2.05) is 31.2 Å². The average Bonchev–Trinajstić information content (AvgIpc) is 2.39. The third-order valence-corrected chi connectivity index (χ3v) is 2.77. The Morgan fingerprint density at radius 3 is 2.78 bits per heavy atom. The van der Waals surface area contributed by atoms with Crippen molar-refractivity contribution in [3.8, 4) is 5.75 Å². The zero-order chi connectivity index (χ0) is 13.0. The fourth-order valence-electron chi connectivity index (χ4n) is 1.68. The summed E-state index contributed by atoms with van der Waals surface area (Å²) < 4.78 is 5.40. The molecule has 1 heterocycles. The molecular weight excluding hydrogens is 250 g/mol. The Labute approximate surface area is 111 Å². The molecule has 2 aromatic rings. The maximum absolute atomic E-state index is 10.2. The van der Waals surface area contributed by atoms with Crippen LogP contribution in [0, 0.1) is 0 Å². The average molecular weight is 264 g/mol. The molecule has 4 heteroatoms. The van der Waals surface area contributed by atoms with E-state index < -0.39 is 6.10 Å². The molecule has 0 amide bonds. The number of aliphatic hydroxyl groups is 1. The molecular formula is C14H14ClNO2. The zero-order valence-corrected chi connectivity index (χ0v) is 10.8. The quantitative estimate of drug-likeness (QED) is 0.862. The molecule has 0 bridgehead atoms. The van der Waals surface area contributed by atoms with E-state index in [-0.39, 0.29) is 0 Å². The summed E-state index contributed by atoms with van der Waals surface area (Å²) in [5.74, 6) is 0.746. The maximum Gasteiger partial charge on any atom is 0.129 e. The van der Waals surface area contributed by atoms with Gasteiger partial charge in [0.05, 0.1) is 6.61 Å². The highest BCUT2D eigenvalue weighted by Crippen LogP contribution is 2.25. The lowest BCUT2D eigenvalue weighted by Crippen LogP contribution is -2.01. The van der Waals surface area contributed by atoms with Crippen molar-refractivity contribution in [1.29, 1.82) is 0 Å². The van der Waals surface area contributed by atoms with Crippen LogP contribution >= 0.6 is 11.6 Å². The van der Waals surface area contributed by atoms with Crippen LogP contribution in [0.3, 0.4) is 0 Å². The Bertz CT molecular complexity index is 513. The standard InChI is InChI=1S/C14H14ClNO2/c1-2-18-12-5-3-4-10(8-12)14(17)11-6-7-13(15)16-9-11/h3-9,14,17H,2H2,1H3. The monoisotopic (exact) mass is 263 g/mol. The van der Waals surface area contributed by atoms with Crippen molar-refractivity contribution in [2.24, 2.45) is 0 Å². The molecule has 18 heavy (non-hydrogen) atoms. The van der Waals surface area contributed by atoms with Gasteiger partial charge in [-0.15, -0.1) is 0 Å². The maximum atomic E-state index is 10.2. The number of ether oxygens (including phenoxy) is 1. The van der Waals surface area contributed by atoms with E-state index >= 15 is 0 Å². The minimum absolute atomic E-state index is 0.411. The van der Waals surface area contributed by atoms with Crippen molar-refractivity contribution in [1.82, 2.24) is 4.98 Å². The van der Waals surface area contributed by atoms with Crippen LogP contribution in [-0.2, 0) is 0 Å². The topological polar surface area (TPSA) is 42.4 Å². The van der Waals surface area contributed by atoms with Gasteiger partial charge in [-0.2, -0.15) is 0 Å². The summed E-state index contributed by atoms with van der Waals surface area (Å²) in [5, 5.41) is 10.6. The molecule has 0 saturated heterocycles. The molecule has 0 aliphatic carbocycles. The van der Waals surface area contributed by atoms with Crippen molar-refractivity contribution in [2.45, 2.75) is 13.0 Å². The number of aliphatic hydroxyl groups excluding tert-OH is 1. The Morgan fingerprint density at radius 2 is 2.11 bits per heavy atom. The van der Waals surface area contributed by atoms with Gasteiger partial charge in [-0.3, -0.25) is 0 Å². The van der Waals surface area contributed by atoms with E-state index in [4.69, 9.17) is 16.3 Å². The minimum atomic E-state index is -0.727. The Kier molecular flexibility index (Phi) is 4.18. The largest absolute Gasteiger partial charge is 0.494 e. The summed E-state index contributed by atoms with van der Waals surface area (Å²) in [4.78, 5) is 3.96. The summed E-state index contributed by atoms with van der Waals surface area (Å²) >= 11 is 5.72. The van der Waals surface area contributed by atoms with Gasteiger partial charge in [0, 0.05) is 11.8 Å². The third kappa shape index (κ3) is 3.00. The molecule has 1 aromatic carbocycles. The molecule has 0 radical (unpaired) electrons. The van der Waals surface area contributed by atoms with Gasteiger partial charge in [-0.25, -0.2) is 4.98 Å². The first-order valence-corrected chi connectivity index (χ1v) is 6.10. The molecule has 1 unspecified atom stereocenters. The Balaban J connectivity index is 2.24. The second-order valence-electron chi connectivity index (χ2n) is 3.82. The number of hydrogen-bond donors (Lipinski definition) is 1. The van der Waals surface area contributed by atoms with Crippen LogP contribution < -0.4 is 4.74 Å². The van der Waals surface area contributed by atoms with Crippen molar-refractivity contribution >= 4 is 11.6 Å². The first kappa shape index (κ1) is 12.9. The van der Waals surface area contributed by atoms with E-state index in [9.17, 15) is 5.11 Å². The molecule has 1 atom stereocenters. The summed E-state index contributed by atoms with van der Waals surface area (Å²) in [7, 11) is 0. The van der Waals surface area contributed by atoms with E-state index in [0.717, 1.165) is 11.3 Å². The van der Waals surface area contributed by atoms with Gasteiger partial charge in [0.25, 0.3) is 0 Å². The molecule has 0 aliphatic heterocycles. The summed E-state index contributed by atoms with van der Waals surface area (Å²) in [6, 6.07) is 10.8. The molecule has 0 saturated carbocycles. The number of hydrogen-bond acceptors (Lipinski definition) is 3. The predicted octanol–water partition coefficient (Wildman–Crippen LogP) is 3.22. The number of benzene rings is 1. The van der Waals surface area contributed by atoms with Crippen molar-refractivity contribution in [2.75, 3.05) is 6.61 Å². The summed E-state index contributed by atoms with van der Waals surface area (Å²) in [6.45, 7) is 2.52. The van der Waals surface area contributed by atoms with Crippen molar-refractivity contribution in [3.05, 3.63) is 58.9 Å². The van der Waals surface area contributed by atoms with Gasteiger partial charge in [0.15, 0.2) is 0 Å². The molecule has 0 aliphatic rings. The molecule has 3 nitrogen and oxygen atoms in total. The van der Waals surface area contributed by atoms with Crippen LogP contribution in [-0.4, -0.2) is 16.7 Å². The number of pyridine rings is 1. The lowest BCUT2D eigenvalue weighted by Gasteiger charge is -2.12. The third-order valence-electron chi connectivity index (χ3n) is 2.55. The molecule has 94 valence electrons. The highest BCUT2D eigenvalue weighted by atomic mass is 35.5. The molecule has 1 aromatic heterocycles. The summed E-state index contributed by atoms with van der Waals surface area (Å²) in [6.07, 6.45) is 0.843. The SMILES string of the molecule is CCOc1cccc(C(O)c2ccc(Cl)nc2)c1. The normalized spacial score (nSPS) is 12.2. The van der Waals surface area contributed by atoms with E-state index in [1.54, 1.807) is 18.3 Å². The summed E-state index contributed by atoms with van der Waals surface area (Å²) in [5.41, 5.74) is 1.47. The van der Waals surface area contributed by atoms with Gasteiger partial charge in [0.1, 0.15) is 17.0 Å². The highest BCUT2D eigenvalue weighted by Gasteiger charge is 2.11. The number of rotatable bonds is 4. The fraction of sp³-hybridized carbons (Fsp3) is 0.214. The highest BCUT2D eigenvalue weighted by molar-refractivity contribution is 6.29. The Hall–Kier alpha value is -1.58. The second kappa shape index (κ2) is 5.85. The van der Waals surface area contributed by atoms with Crippen LogP contribution in [0.4, 0.5) is 0 Å². The van der Waals surface area contributed by atoms with Crippen LogP contribution in [0.5, 0.6) is 5.75 Å². The Morgan fingerprint density at radius 1 is 1.28 bits per heavy atom. The van der Waals surface area contributed by atoms with E-state index in [1.165, 1.54) is 0 Å². The van der Waals surface area contributed by atoms with Gasteiger partial charge < -0.3 is 9.84 Å². The van der Waals surface area contributed by atoms with E-state index in [2.05, 4.69) is 4.98 Å². The second-order valence-corrected chi connectivity index (χ2v) is 4.21. The van der Waals surface area contributed by atoms with Crippen LogP contribution in [0.25, 0.3) is 0 Å². The molecule has 2 rings (SSSR count). The van der Waals surface area contributed by atoms with Crippen LogP contribution in [0.1, 0.15) is 24.2 Å². The number of nitrogens with zero attached hydrogens (tertiary/aromatic N) is 1. The minimum Gasteiger partial charge on any atom is -0.494 e. The first-order valence-electron chi connectivity index (χ1n) is 5.73. The number of halogens is 1. The lowest BCUT2D eigenvalue weighted by molar-refractivity contribution is 0.219. The molecule has 0 spiro atoms. The van der Waals surface area contributed by atoms with Crippen molar-refractivity contribution in [3.63, 3.8) is 0 Å². The molecule has 1 N–H and O–H groups in total. The fourth-order valence-corrected chi connectivity index (χ4v) is 1.79. The number of aromatic nitrogens is 1. The van der Waals surface area contributed by atoms with Gasteiger partial charge >= 0.3 is 0 Å². The van der Waals surface area contributed by atoms with E-state index in [0.29, 0.717) is 17.3 Å². The smallest absolute Gasteiger partial charge is 0.129 e. The van der Waals surface area contributed by atoms with Gasteiger partial charge in [-0.05, 0) is 30.7 Å². The molecule has 0 fully saturated rings.